The maximum atomic E-state index is 13.5. The first-order chi connectivity index (χ1) is 16.6. The molecule has 4 heterocycles. The number of aromatic nitrogens is 4. The predicted octanol–water partition coefficient (Wildman–Crippen LogP) is 5.01. The lowest BCUT2D eigenvalue weighted by atomic mass is 9.97. The van der Waals surface area contributed by atoms with Crippen molar-refractivity contribution in [2.45, 2.75) is 39.9 Å². The lowest BCUT2D eigenvalue weighted by Crippen LogP contribution is -2.26. The number of nitrogens with zero attached hydrogens (tertiary/aromatic N) is 4. The van der Waals surface area contributed by atoms with Gasteiger partial charge in [0.1, 0.15) is 22.4 Å². The number of pyridine rings is 4. The number of hydrogen-bond donors (Lipinski definition) is 1. The highest BCUT2D eigenvalue weighted by Gasteiger charge is 2.26. The number of halogens is 2. The number of aliphatic hydroxyl groups is 1. The van der Waals surface area contributed by atoms with Gasteiger partial charge in [0.05, 0.1) is 28.5 Å². The lowest BCUT2D eigenvalue weighted by molar-refractivity contribution is 0.0732. The maximum absolute atomic E-state index is 13.5. The highest BCUT2D eigenvalue weighted by Crippen LogP contribution is 2.31. The Morgan fingerprint density at radius 2 is 1.86 bits per heavy atom. The van der Waals surface area contributed by atoms with Crippen molar-refractivity contribution < 1.29 is 14.2 Å². The topological polar surface area (TPSA) is 90.1 Å². The Morgan fingerprint density at radius 3 is 2.51 bits per heavy atom. The van der Waals surface area contributed by atoms with E-state index in [1.165, 1.54) is 10.6 Å². The van der Waals surface area contributed by atoms with Crippen molar-refractivity contribution in [1.82, 2.24) is 19.5 Å². The first-order valence-electron chi connectivity index (χ1n) is 10.9. The molecule has 0 aliphatic rings. The minimum Gasteiger partial charge on any atom is -0.486 e. The number of ether oxygens (including phenoxy) is 1. The summed E-state index contributed by atoms with van der Waals surface area (Å²) in [5, 5.41) is 10.8. The SMILES string of the molecule is Cc1c(-n2c(C)cc(OCc3cccc(F)n3)c(Br)c2=O)cc(-c2ccccn2)nc1C(C)(C)O. The van der Waals surface area contributed by atoms with E-state index in [4.69, 9.17) is 4.74 Å². The van der Waals surface area contributed by atoms with Crippen LogP contribution in [-0.4, -0.2) is 24.6 Å². The number of rotatable bonds is 6. The van der Waals surface area contributed by atoms with Crippen LogP contribution >= 0.6 is 15.9 Å². The van der Waals surface area contributed by atoms with Gasteiger partial charge in [-0.05, 0) is 79.5 Å². The number of aryl methyl sites for hydroxylation is 1. The van der Waals surface area contributed by atoms with Crippen molar-refractivity contribution in [3.05, 3.63) is 98.1 Å². The van der Waals surface area contributed by atoms with E-state index in [1.54, 1.807) is 57.3 Å². The number of hydrogen-bond acceptors (Lipinski definition) is 6. The van der Waals surface area contributed by atoms with Crippen LogP contribution in [0.1, 0.15) is 36.5 Å². The van der Waals surface area contributed by atoms with Gasteiger partial charge in [0, 0.05) is 18.0 Å². The van der Waals surface area contributed by atoms with Crippen LogP contribution in [0.3, 0.4) is 0 Å². The molecule has 0 saturated heterocycles. The zero-order chi connectivity index (χ0) is 25.3. The molecule has 7 nitrogen and oxygen atoms in total. The van der Waals surface area contributed by atoms with Crippen LogP contribution in [0.5, 0.6) is 5.75 Å². The summed E-state index contributed by atoms with van der Waals surface area (Å²) in [5.74, 6) is -0.287. The van der Waals surface area contributed by atoms with Crippen LogP contribution < -0.4 is 10.3 Å². The second-order valence-corrected chi connectivity index (χ2v) is 9.41. The third-order valence-electron chi connectivity index (χ3n) is 5.44. The minimum absolute atomic E-state index is 0.000211. The molecule has 0 aromatic carbocycles. The fourth-order valence-electron chi connectivity index (χ4n) is 3.84. The molecule has 180 valence electrons. The summed E-state index contributed by atoms with van der Waals surface area (Å²) < 4.78 is 20.9. The molecule has 1 N–H and O–H groups in total. The molecule has 0 aliphatic carbocycles. The molecule has 0 amide bonds. The largest absolute Gasteiger partial charge is 0.486 e. The van der Waals surface area contributed by atoms with Gasteiger partial charge in [-0.2, -0.15) is 4.39 Å². The summed E-state index contributed by atoms with van der Waals surface area (Å²) in [5.41, 5.74) is 2.22. The van der Waals surface area contributed by atoms with E-state index in [0.29, 0.717) is 45.5 Å². The van der Waals surface area contributed by atoms with Gasteiger partial charge in [0.25, 0.3) is 5.56 Å². The fraction of sp³-hybridized carbons (Fsp3) is 0.231. The molecule has 4 aromatic rings. The minimum atomic E-state index is -1.25. The summed E-state index contributed by atoms with van der Waals surface area (Å²) >= 11 is 3.37. The molecule has 4 aromatic heterocycles. The highest BCUT2D eigenvalue weighted by molar-refractivity contribution is 9.10. The second kappa shape index (κ2) is 9.67. The van der Waals surface area contributed by atoms with Gasteiger partial charge in [-0.15, -0.1) is 0 Å². The zero-order valence-corrected chi connectivity index (χ0v) is 21.3. The van der Waals surface area contributed by atoms with Crippen LogP contribution in [0.4, 0.5) is 4.39 Å². The Hall–Kier alpha value is -3.43. The van der Waals surface area contributed by atoms with E-state index in [0.717, 1.165) is 0 Å². The molecule has 0 aliphatic heterocycles. The maximum Gasteiger partial charge on any atom is 0.273 e. The van der Waals surface area contributed by atoms with Gasteiger partial charge in [-0.1, -0.05) is 12.1 Å². The Bertz CT molecular complexity index is 1450. The molecule has 0 bridgehead atoms. The van der Waals surface area contributed by atoms with Crippen LogP contribution in [0.2, 0.25) is 0 Å². The lowest BCUT2D eigenvalue weighted by Gasteiger charge is -2.24. The van der Waals surface area contributed by atoms with Crippen LogP contribution in [0.25, 0.3) is 17.1 Å². The van der Waals surface area contributed by atoms with E-state index in [-0.39, 0.29) is 16.6 Å². The molecule has 0 atom stereocenters. The first kappa shape index (κ1) is 24.7. The van der Waals surface area contributed by atoms with Crippen molar-refractivity contribution in [1.29, 1.82) is 0 Å². The average molecular weight is 539 g/mol. The molecular formula is C26H24BrFN4O3. The molecule has 4 rings (SSSR count). The Balaban J connectivity index is 1.83. The summed E-state index contributed by atoms with van der Waals surface area (Å²) in [4.78, 5) is 26.3. The highest BCUT2D eigenvalue weighted by atomic mass is 79.9. The monoisotopic (exact) mass is 538 g/mol. The molecule has 0 saturated carbocycles. The first-order valence-corrected chi connectivity index (χ1v) is 11.7. The van der Waals surface area contributed by atoms with Gasteiger partial charge < -0.3 is 9.84 Å². The van der Waals surface area contributed by atoms with Crippen LogP contribution in [0, 0.1) is 19.8 Å². The molecule has 0 spiro atoms. The van der Waals surface area contributed by atoms with Crippen molar-refractivity contribution in [3.63, 3.8) is 0 Å². The van der Waals surface area contributed by atoms with Crippen molar-refractivity contribution in [2.24, 2.45) is 0 Å². The van der Waals surface area contributed by atoms with E-state index in [2.05, 4.69) is 30.9 Å². The smallest absolute Gasteiger partial charge is 0.273 e. The second-order valence-electron chi connectivity index (χ2n) is 8.62. The summed E-state index contributed by atoms with van der Waals surface area (Å²) in [6, 6.07) is 13.4. The summed E-state index contributed by atoms with van der Waals surface area (Å²) in [7, 11) is 0. The van der Waals surface area contributed by atoms with E-state index < -0.39 is 11.5 Å². The van der Waals surface area contributed by atoms with Crippen molar-refractivity contribution >= 4 is 15.9 Å². The predicted molar refractivity (Wildman–Crippen MR) is 134 cm³/mol. The fourth-order valence-corrected chi connectivity index (χ4v) is 4.24. The third kappa shape index (κ3) is 5.16. The van der Waals surface area contributed by atoms with E-state index in [9.17, 15) is 14.3 Å². The summed E-state index contributed by atoms with van der Waals surface area (Å²) in [6.07, 6.45) is 1.66. The van der Waals surface area contributed by atoms with Crippen LogP contribution in [0.15, 0.2) is 64.0 Å². The molecule has 35 heavy (non-hydrogen) atoms. The Morgan fingerprint density at radius 1 is 1.09 bits per heavy atom. The van der Waals surface area contributed by atoms with Crippen molar-refractivity contribution in [2.75, 3.05) is 0 Å². The molecule has 0 radical (unpaired) electrons. The Kier molecular flexibility index (Phi) is 6.82. The summed E-state index contributed by atoms with van der Waals surface area (Å²) in [6.45, 7) is 6.90. The van der Waals surface area contributed by atoms with Gasteiger partial charge >= 0.3 is 0 Å². The molecular weight excluding hydrogens is 515 g/mol. The molecule has 0 unspecified atom stereocenters. The van der Waals surface area contributed by atoms with Gasteiger partial charge in [-0.25, -0.2) is 9.97 Å². The van der Waals surface area contributed by atoms with Gasteiger partial charge in [0.15, 0.2) is 0 Å². The van der Waals surface area contributed by atoms with E-state index in [1.807, 2.05) is 19.1 Å². The Labute approximate surface area is 210 Å². The zero-order valence-electron chi connectivity index (χ0n) is 19.7. The van der Waals surface area contributed by atoms with Gasteiger partial charge in [-0.3, -0.25) is 14.3 Å². The van der Waals surface area contributed by atoms with Gasteiger partial charge in [0.2, 0.25) is 5.95 Å². The normalized spacial score (nSPS) is 11.5. The van der Waals surface area contributed by atoms with E-state index >= 15 is 0 Å². The molecule has 0 fully saturated rings. The molecule has 9 heteroatoms. The standard InChI is InChI=1S/C26H24BrFN4O3/c1-15-12-21(35-14-17-8-7-10-22(28)30-17)23(27)25(33)32(15)20-13-19(18-9-5-6-11-29-18)31-24(16(20)2)26(3,4)34/h5-13,34H,14H2,1-4H3. The van der Waals surface area contributed by atoms with Crippen LogP contribution in [-0.2, 0) is 12.2 Å². The quantitative estimate of drug-likeness (QED) is 0.347. The third-order valence-corrected chi connectivity index (χ3v) is 6.17. The van der Waals surface area contributed by atoms with Crippen molar-refractivity contribution in [3.8, 4) is 22.8 Å². The average Bonchev–Trinajstić information content (AvgIpc) is 2.81.